The number of ether oxygens (including phenoxy) is 2. The van der Waals surface area contributed by atoms with Gasteiger partial charge in [-0.2, -0.15) is 0 Å². The van der Waals surface area contributed by atoms with E-state index in [-0.39, 0.29) is 12.2 Å². The molecule has 0 unspecified atom stereocenters. The molecule has 60 valence electrons. The van der Waals surface area contributed by atoms with Crippen LogP contribution in [0.15, 0.2) is 0 Å². The Bertz CT molecular complexity index is 97.7. The molecular weight excluding hydrogens is 134 g/mol. The largest absolute Gasteiger partial charge is 0.394 e. The van der Waals surface area contributed by atoms with Crippen LogP contribution in [0.5, 0.6) is 0 Å². The van der Waals surface area contributed by atoms with Gasteiger partial charge in [0, 0.05) is 6.54 Å². The van der Waals surface area contributed by atoms with E-state index in [1.54, 1.807) is 0 Å². The van der Waals surface area contributed by atoms with Gasteiger partial charge in [0.15, 0.2) is 0 Å². The zero-order chi connectivity index (χ0) is 7.45. The molecule has 1 saturated heterocycles. The molecule has 10 heavy (non-hydrogen) atoms. The fourth-order valence-electron chi connectivity index (χ4n) is 0.852. The molecule has 0 aromatic rings. The molecule has 0 aliphatic carbocycles. The maximum absolute atomic E-state index is 8.44. The molecule has 1 fully saturated rings. The van der Waals surface area contributed by atoms with Crippen molar-refractivity contribution >= 4 is 0 Å². The number of rotatable bonds is 4. The van der Waals surface area contributed by atoms with Gasteiger partial charge in [-0.1, -0.05) is 0 Å². The maximum Gasteiger partial charge on any atom is 0.127 e. The fourth-order valence-corrected chi connectivity index (χ4v) is 0.852. The number of aliphatic hydroxyl groups excluding tert-OH is 1. The van der Waals surface area contributed by atoms with Crippen LogP contribution >= 0.6 is 0 Å². The van der Waals surface area contributed by atoms with E-state index in [1.807, 2.05) is 0 Å². The van der Waals surface area contributed by atoms with Gasteiger partial charge < -0.3 is 20.3 Å². The molecule has 4 nitrogen and oxygen atoms in total. The predicted octanol–water partition coefficient (Wildman–Crippen LogP) is -1.28. The van der Waals surface area contributed by atoms with E-state index >= 15 is 0 Å². The Morgan fingerprint density at radius 3 is 2.60 bits per heavy atom. The first-order valence-corrected chi connectivity index (χ1v) is 3.36. The molecule has 0 amide bonds. The van der Waals surface area contributed by atoms with E-state index in [0.717, 1.165) is 0 Å². The highest BCUT2D eigenvalue weighted by atomic mass is 16.6. The zero-order valence-electron chi connectivity index (χ0n) is 5.88. The average molecular weight is 147 g/mol. The first-order valence-electron chi connectivity index (χ1n) is 3.36. The highest BCUT2D eigenvalue weighted by molar-refractivity contribution is 4.88. The van der Waals surface area contributed by atoms with Crippen LogP contribution < -0.4 is 5.73 Å². The second-order valence-corrected chi connectivity index (χ2v) is 2.45. The summed E-state index contributed by atoms with van der Waals surface area (Å²) in [6.07, 6.45) is 0. The minimum Gasteiger partial charge on any atom is -0.394 e. The highest BCUT2D eigenvalue weighted by Crippen LogP contribution is 2.19. The van der Waals surface area contributed by atoms with Crippen molar-refractivity contribution in [1.29, 1.82) is 0 Å². The third-order valence-corrected chi connectivity index (χ3v) is 1.60. The smallest absolute Gasteiger partial charge is 0.127 e. The van der Waals surface area contributed by atoms with Crippen LogP contribution in [-0.4, -0.2) is 43.7 Å². The van der Waals surface area contributed by atoms with Gasteiger partial charge in [0.2, 0.25) is 0 Å². The molecule has 1 aliphatic heterocycles. The monoisotopic (exact) mass is 147 g/mol. The molecule has 1 rings (SSSR count). The first kappa shape index (κ1) is 7.94. The van der Waals surface area contributed by atoms with Gasteiger partial charge >= 0.3 is 0 Å². The first-order chi connectivity index (χ1) is 4.83. The lowest BCUT2D eigenvalue weighted by Crippen LogP contribution is -2.57. The van der Waals surface area contributed by atoms with Gasteiger partial charge in [-0.05, 0) is 0 Å². The number of hydrogen-bond acceptors (Lipinski definition) is 4. The van der Waals surface area contributed by atoms with Gasteiger partial charge in [-0.3, -0.25) is 0 Å². The van der Waals surface area contributed by atoms with Gasteiger partial charge in [0.25, 0.3) is 0 Å². The Kier molecular flexibility index (Phi) is 2.62. The van der Waals surface area contributed by atoms with Crippen molar-refractivity contribution in [1.82, 2.24) is 0 Å². The molecule has 3 N–H and O–H groups in total. The molecule has 0 atom stereocenters. The lowest BCUT2D eigenvalue weighted by molar-refractivity contribution is -0.206. The number of aliphatic hydroxyl groups is 1. The lowest BCUT2D eigenvalue weighted by Gasteiger charge is -2.39. The van der Waals surface area contributed by atoms with Crippen molar-refractivity contribution in [2.45, 2.75) is 5.60 Å². The van der Waals surface area contributed by atoms with E-state index in [4.69, 9.17) is 20.3 Å². The molecule has 0 bridgehead atoms. The van der Waals surface area contributed by atoms with Gasteiger partial charge in [-0.15, -0.1) is 0 Å². The molecular formula is C6H13NO3. The zero-order valence-corrected chi connectivity index (χ0v) is 5.88. The second kappa shape index (κ2) is 3.30. The normalized spacial score (nSPS) is 22.2. The minimum atomic E-state index is -0.289. The van der Waals surface area contributed by atoms with Crippen LogP contribution in [0.2, 0.25) is 0 Å². The van der Waals surface area contributed by atoms with E-state index in [9.17, 15) is 0 Å². The topological polar surface area (TPSA) is 64.7 Å². The summed E-state index contributed by atoms with van der Waals surface area (Å²) < 4.78 is 10.2. The van der Waals surface area contributed by atoms with Crippen molar-refractivity contribution in [3.05, 3.63) is 0 Å². The molecule has 4 heteroatoms. The summed E-state index contributed by atoms with van der Waals surface area (Å²) in [7, 11) is 0. The standard InChI is InChI=1S/C6H13NO3/c7-3-6(4-9-5-6)10-2-1-8/h8H,1-5,7H2. The SMILES string of the molecule is NCC1(OCCO)COC1. The van der Waals surface area contributed by atoms with E-state index in [1.165, 1.54) is 0 Å². The summed E-state index contributed by atoms with van der Waals surface area (Å²) in [6.45, 7) is 1.97. The Hall–Kier alpha value is -0.160. The minimum absolute atomic E-state index is 0.0434. The Morgan fingerprint density at radius 1 is 1.60 bits per heavy atom. The van der Waals surface area contributed by atoms with E-state index in [0.29, 0.717) is 26.4 Å². The molecule has 1 aliphatic rings. The van der Waals surface area contributed by atoms with Crippen LogP contribution in [0.4, 0.5) is 0 Å². The summed E-state index contributed by atoms with van der Waals surface area (Å²) in [5.41, 5.74) is 5.13. The van der Waals surface area contributed by atoms with Crippen molar-refractivity contribution < 1.29 is 14.6 Å². The molecule has 0 aromatic carbocycles. The van der Waals surface area contributed by atoms with Crippen molar-refractivity contribution in [3.8, 4) is 0 Å². The number of hydrogen-bond donors (Lipinski definition) is 2. The fraction of sp³-hybridized carbons (Fsp3) is 1.00. The highest BCUT2D eigenvalue weighted by Gasteiger charge is 2.38. The summed E-state index contributed by atoms with van der Waals surface area (Å²) in [4.78, 5) is 0. The predicted molar refractivity (Wildman–Crippen MR) is 35.6 cm³/mol. The summed E-state index contributed by atoms with van der Waals surface area (Å²) in [5.74, 6) is 0. The summed E-state index contributed by atoms with van der Waals surface area (Å²) in [6, 6.07) is 0. The third kappa shape index (κ3) is 1.46. The average Bonchev–Trinajstić information content (AvgIpc) is 1.87. The van der Waals surface area contributed by atoms with Crippen molar-refractivity contribution in [3.63, 3.8) is 0 Å². The summed E-state index contributed by atoms with van der Waals surface area (Å²) >= 11 is 0. The Labute approximate surface area is 59.9 Å². The molecule has 0 spiro atoms. The van der Waals surface area contributed by atoms with E-state index in [2.05, 4.69) is 0 Å². The Balaban J connectivity index is 2.20. The van der Waals surface area contributed by atoms with Crippen molar-refractivity contribution in [2.24, 2.45) is 5.73 Å². The van der Waals surface area contributed by atoms with Crippen LogP contribution in [-0.2, 0) is 9.47 Å². The molecule has 0 saturated carbocycles. The van der Waals surface area contributed by atoms with E-state index < -0.39 is 0 Å². The van der Waals surface area contributed by atoms with Crippen LogP contribution in [0.1, 0.15) is 0 Å². The van der Waals surface area contributed by atoms with Gasteiger partial charge in [0.1, 0.15) is 5.60 Å². The van der Waals surface area contributed by atoms with Crippen LogP contribution in [0.25, 0.3) is 0 Å². The maximum atomic E-state index is 8.44. The van der Waals surface area contributed by atoms with Gasteiger partial charge in [-0.25, -0.2) is 0 Å². The molecule has 0 radical (unpaired) electrons. The van der Waals surface area contributed by atoms with Gasteiger partial charge in [0.05, 0.1) is 26.4 Å². The van der Waals surface area contributed by atoms with Crippen LogP contribution in [0.3, 0.4) is 0 Å². The lowest BCUT2D eigenvalue weighted by atomic mass is 10.0. The van der Waals surface area contributed by atoms with Crippen LogP contribution in [0, 0.1) is 0 Å². The molecule has 1 heterocycles. The Morgan fingerprint density at radius 2 is 2.30 bits per heavy atom. The second-order valence-electron chi connectivity index (χ2n) is 2.45. The van der Waals surface area contributed by atoms with Crippen molar-refractivity contribution in [2.75, 3.05) is 33.0 Å². The molecule has 0 aromatic heterocycles. The quantitative estimate of drug-likeness (QED) is 0.520. The third-order valence-electron chi connectivity index (χ3n) is 1.60. The summed E-state index contributed by atoms with van der Waals surface area (Å²) in [5, 5.41) is 8.44. The number of nitrogens with two attached hydrogens (primary N) is 1.